The molecule has 2 aromatic rings. The molecule has 1 amide bonds. The third-order valence-corrected chi connectivity index (χ3v) is 6.48. The molecule has 0 bridgehead atoms. The summed E-state index contributed by atoms with van der Waals surface area (Å²) in [6.07, 6.45) is 4.57. The molecule has 9 heteroatoms. The molecule has 2 heterocycles. The van der Waals surface area contributed by atoms with Crippen LogP contribution in [0.15, 0.2) is 24.3 Å². The van der Waals surface area contributed by atoms with Crippen LogP contribution in [0.1, 0.15) is 38.2 Å². The van der Waals surface area contributed by atoms with E-state index in [1.54, 1.807) is 12.1 Å². The van der Waals surface area contributed by atoms with Crippen molar-refractivity contribution in [3.05, 3.63) is 39.9 Å². The van der Waals surface area contributed by atoms with E-state index in [-0.39, 0.29) is 11.6 Å². The monoisotopic (exact) mass is 436 g/mol. The quantitative estimate of drug-likeness (QED) is 0.566. The Morgan fingerprint density at radius 3 is 2.75 bits per heavy atom. The van der Waals surface area contributed by atoms with Gasteiger partial charge < -0.3 is 10.2 Å². The lowest BCUT2D eigenvalue weighted by Gasteiger charge is -2.35. The summed E-state index contributed by atoms with van der Waals surface area (Å²) in [7, 11) is 0. The Balaban J connectivity index is 1.37. The van der Waals surface area contributed by atoms with Crippen LogP contribution in [0.4, 0.5) is 11.5 Å². The van der Waals surface area contributed by atoms with Crippen molar-refractivity contribution >= 4 is 28.3 Å². The van der Waals surface area contributed by atoms with E-state index in [2.05, 4.69) is 33.1 Å². The van der Waals surface area contributed by atoms with Gasteiger partial charge in [0.2, 0.25) is 5.91 Å². The van der Waals surface area contributed by atoms with Crippen molar-refractivity contribution in [2.24, 2.45) is 5.92 Å². The number of amides is 1. The van der Waals surface area contributed by atoms with Gasteiger partial charge >= 0.3 is 0 Å². The summed E-state index contributed by atoms with van der Waals surface area (Å²) in [5.41, 5.74) is 0.878. The number of nitro groups is 1. The molecule has 2 fully saturated rings. The number of pyridine rings is 1. The molecular weight excluding hydrogens is 408 g/mol. The van der Waals surface area contributed by atoms with Crippen molar-refractivity contribution in [1.29, 1.82) is 5.26 Å². The van der Waals surface area contributed by atoms with Crippen molar-refractivity contribution in [2.75, 3.05) is 37.6 Å². The minimum Gasteiger partial charge on any atom is -0.354 e. The standard InChI is InChI=1S/C23H28N6O3/c1-16-3-2-4-18(11-16)25-23(30)15-27-7-9-28(10-8-27)22-12-17(14-24)20-13-19(29(31)32)5-6-21(20)26-22/h5-6,12-13,16,18H,2-4,7-11,15H2,1H3,(H,25,30). The van der Waals surface area contributed by atoms with Crippen molar-refractivity contribution in [3.63, 3.8) is 0 Å². The van der Waals surface area contributed by atoms with Gasteiger partial charge in [-0.1, -0.05) is 19.8 Å². The predicted molar refractivity (Wildman–Crippen MR) is 121 cm³/mol. The molecule has 1 aliphatic heterocycles. The van der Waals surface area contributed by atoms with Crippen LogP contribution in [-0.2, 0) is 4.79 Å². The molecule has 2 aliphatic rings. The number of carbonyl (C=O) groups excluding carboxylic acids is 1. The van der Waals surface area contributed by atoms with E-state index in [9.17, 15) is 20.2 Å². The number of nitrogens with zero attached hydrogens (tertiary/aromatic N) is 5. The van der Waals surface area contributed by atoms with Gasteiger partial charge in [0.1, 0.15) is 5.82 Å². The van der Waals surface area contributed by atoms with Gasteiger partial charge in [-0.05, 0) is 30.9 Å². The van der Waals surface area contributed by atoms with Crippen LogP contribution in [0, 0.1) is 27.4 Å². The number of carbonyl (C=O) groups is 1. The number of hydrogen-bond acceptors (Lipinski definition) is 7. The maximum absolute atomic E-state index is 12.5. The van der Waals surface area contributed by atoms with E-state index in [4.69, 9.17) is 0 Å². The summed E-state index contributed by atoms with van der Waals surface area (Å²) in [5.74, 6) is 1.45. The van der Waals surface area contributed by atoms with Gasteiger partial charge in [-0.25, -0.2) is 4.98 Å². The minimum atomic E-state index is -0.473. The second-order valence-corrected chi connectivity index (χ2v) is 8.90. The Labute approximate surface area is 187 Å². The van der Waals surface area contributed by atoms with Gasteiger partial charge in [-0.2, -0.15) is 5.26 Å². The zero-order chi connectivity index (χ0) is 22.7. The Kier molecular flexibility index (Phi) is 6.51. The molecule has 0 spiro atoms. The fourth-order valence-electron chi connectivity index (χ4n) is 4.74. The number of nitrogens with one attached hydrogen (secondary N) is 1. The first-order chi connectivity index (χ1) is 15.4. The topological polar surface area (TPSA) is 115 Å². The Morgan fingerprint density at radius 1 is 1.28 bits per heavy atom. The molecular formula is C23H28N6O3. The highest BCUT2D eigenvalue weighted by molar-refractivity contribution is 5.88. The van der Waals surface area contributed by atoms with Gasteiger partial charge in [-0.15, -0.1) is 0 Å². The summed E-state index contributed by atoms with van der Waals surface area (Å²) in [5, 5.41) is 24.3. The van der Waals surface area contributed by atoms with Crippen LogP contribution in [0.25, 0.3) is 10.9 Å². The highest BCUT2D eigenvalue weighted by Crippen LogP contribution is 2.27. The van der Waals surface area contributed by atoms with Crippen molar-refractivity contribution < 1.29 is 9.72 Å². The van der Waals surface area contributed by atoms with E-state index in [1.165, 1.54) is 25.0 Å². The highest BCUT2D eigenvalue weighted by atomic mass is 16.6. The molecule has 1 saturated carbocycles. The number of benzene rings is 1. The molecule has 32 heavy (non-hydrogen) atoms. The summed E-state index contributed by atoms with van der Waals surface area (Å²) in [6, 6.07) is 8.52. The third kappa shape index (κ3) is 4.97. The number of nitro benzene ring substituents is 1. The first-order valence-electron chi connectivity index (χ1n) is 11.2. The van der Waals surface area contributed by atoms with Gasteiger partial charge in [0.05, 0.1) is 28.6 Å². The molecule has 0 radical (unpaired) electrons. The van der Waals surface area contributed by atoms with Crippen molar-refractivity contribution in [3.8, 4) is 6.07 Å². The van der Waals surface area contributed by atoms with Crippen LogP contribution in [0.5, 0.6) is 0 Å². The molecule has 1 aliphatic carbocycles. The average molecular weight is 437 g/mol. The summed E-state index contributed by atoms with van der Waals surface area (Å²) in [6.45, 7) is 5.51. The lowest BCUT2D eigenvalue weighted by molar-refractivity contribution is -0.384. The molecule has 2 unspecified atom stereocenters. The number of nitriles is 1. The molecule has 1 saturated heterocycles. The van der Waals surface area contributed by atoms with Gasteiger partial charge in [-0.3, -0.25) is 19.8 Å². The largest absolute Gasteiger partial charge is 0.354 e. The molecule has 2 atom stereocenters. The number of piperazine rings is 1. The van der Waals surface area contributed by atoms with Crippen LogP contribution in [0.3, 0.4) is 0 Å². The van der Waals surface area contributed by atoms with Crippen LogP contribution < -0.4 is 10.2 Å². The van der Waals surface area contributed by atoms with E-state index >= 15 is 0 Å². The van der Waals surface area contributed by atoms with Crippen molar-refractivity contribution in [2.45, 2.75) is 38.6 Å². The van der Waals surface area contributed by atoms with E-state index < -0.39 is 4.92 Å². The van der Waals surface area contributed by atoms with Crippen LogP contribution in [0.2, 0.25) is 0 Å². The lowest BCUT2D eigenvalue weighted by Crippen LogP contribution is -2.51. The molecule has 1 N–H and O–H groups in total. The fourth-order valence-corrected chi connectivity index (χ4v) is 4.74. The molecule has 4 rings (SSSR count). The maximum atomic E-state index is 12.5. The third-order valence-electron chi connectivity index (χ3n) is 6.48. The normalized spacial score (nSPS) is 21.8. The van der Waals surface area contributed by atoms with E-state index in [0.29, 0.717) is 53.9 Å². The zero-order valence-electron chi connectivity index (χ0n) is 18.3. The van der Waals surface area contributed by atoms with Crippen molar-refractivity contribution in [1.82, 2.24) is 15.2 Å². The summed E-state index contributed by atoms with van der Waals surface area (Å²) >= 11 is 0. The van der Waals surface area contributed by atoms with E-state index in [1.807, 2.05) is 0 Å². The van der Waals surface area contributed by atoms with Gasteiger partial charge in [0.15, 0.2) is 0 Å². The Morgan fingerprint density at radius 2 is 2.06 bits per heavy atom. The predicted octanol–water partition coefficient (Wildman–Crippen LogP) is 2.83. The van der Waals surface area contributed by atoms with Crippen LogP contribution in [-0.4, -0.2) is 59.5 Å². The summed E-state index contributed by atoms with van der Waals surface area (Å²) < 4.78 is 0. The molecule has 1 aromatic heterocycles. The first-order valence-corrected chi connectivity index (χ1v) is 11.2. The number of rotatable bonds is 5. The number of aromatic nitrogens is 1. The Hall–Kier alpha value is -3.25. The first kappa shape index (κ1) is 22.0. The number of fused-ring (bicyclic) bond motifs is 1. The molecule has 168 valence electrons. The minimum absolute atomic E-state index is 0.0573. The van der Waals surface area contributed by atoms with Gasteiger partial charge in [0, 0.05) is 49.7 Å². The SMILES string of the molecule is CC1CCCC(NC(=O)CN2CCN(c3cc(C#N)c4cc([N+](=O)[O-])ccc4n3)CC2)C1. The number of anilines is 1. The zero-order valence-corrected chi connectivity index (χ0v) is 18.3. The lowest BCUT2D eigenvalue weighted by atomic mass is 9.87. The second kappa shape index (κ2) is 9.49. The Bertz CT molecular complexity index is 1060. The van der Waals surface area contributed by atoms with Crippen LogP contribution >= 0.6 is 0 Å². The van der Waals surface area contributed by atoms with Gasteiger partial charge in [0.25, 0.3) is 5.69 Å². The maximum Gasteiger partial charge on any atom is 0.270 e. The number of hydrogen-bond donors (Lipinski definition) is 1. The van der Waals surface area contributed by atoms with E-state index in [0.717, 1.165) is 25.9 Å². The number of non-ortho nitro benzene ring substituents is 1. The molecule has 9 nitrogen and oxygen atoms in total. The fraction of sp³-hybridized carbons (Fsp3) is 0.522. The highest BCUT2D eigenvalue weighted by Gasteiger charge is 2.24. The smallest absolute Gasteiger partial charge is 0.270 e. The molecule has 1 aromatic carbocycles. The summed E-state index contributed by atoms with van der Waals surface area (Å²) in [4.78, 5) is 31.9. The average Bonchev–Trinajstić information content (AvgIpc) is 2.78. The second-order valence-electron chi connectivity index (χ2n) is 8.90.